The first-order valence-electron chi connectivity index (χ1n) is 14.9. The van der Waals surface area contributed by atoms with Crippen LogP contribution in [0.1, 0.15) is 56.7 Å². The van der Waals surface area contributed by atoms with Crippen molar-refractivity contribution < 1.29 is 32.9 Å². The van der Waals surface area contributed by atoms with E-state index in [1.807, 2.05) is 30.3 Å². The number of H-pyrrole nitrogens is 1. The summed E-state index contributed by atoms with van der Waals surface area (Å²) in [6, 6.07) is 17.4. The Bertz CT molecular complexity index is 1650. The minimum Gasteiger partial charge on any atom is -0.459 e. The van der Waals surface area contributed by atoms with Crippen molar-refractivity contribution >= 4 is 11.9 Å². The molecule has 6 rings (SSSR count). The molecule has 0 bridgehead atoms. The zero-order chi connectivity index (χ0) is 31.4. The molecule has 0 radical (unpaired) electrons. The van der Waals surface area contributed by atoms with E-state index < -0.39 is 29.2 Å². The topological polar surface area (TPSA) is 152 Å². The normalized spacial score (nSPS) is 21.2. The number of nitrogens with zero attached hydrogens (tertiary/aromatic N) is 3. The highest BCUT2D eigenvalue weighted by molar-refractivity contribution is 5.88. The van der Waals surface area contributed by atoms with Crippen molar-refractivity contribution in [3.63, 3.8) is 0 Å². The maximum atomic E-state index is 13.8. The Kier molecular flexibility index (Phi) is 8.59. The maximum absolute atomic E-state index is 13.8. The van der Waals surface area contributed by atoms with Crippen molar-refractivity contribution in [2.24, 2.45) is 11.1 Å². The minimum absolute atomic E-state index is 0.0434. The summed E-state index contributed by atoms with van der Waals surface area (Å²) in [6.07, 6.45) is 3.90. The van der Waals surface area contributed by atoms with E-state index in [9.17, 15) is 14.0 Å². The molecule has 1 saturated carbocycles. The van der Waals surface area contributed by atoms with E-state index in [4.69, 9.17) is 29.7 Å². The predicted octanol–water partition coefficient (Wildman–Crippen LogP) is 5.03. The molecule has 0 unspecified atom stereocenters. The number of carbonyl (C=O) groups excluding carboxylic acids is 2. The van der Waals surface area contributed by atoms with Gasteiger partial charge in [-0.05, 0) is 68.5 Å². The van der Waals surface area contributed by atoms with Crippen LogP contribution in [0.5, 0.6) is 6.01 Å². The van der Waals surface area contributed by atoms with Crippen LogP contribution < -0.4 is 10.5 Å². The molecule has 2 aromatic carbocycles. The molecule has 11 nitrogen and oxygen atoms in total. The average molecular weight is 616 g/mol. The summed E-state index contributed by atoms with van der Waals surface area (Å²) in [5.41, 5.74) is 6.28. The number of rotatable bonds is 9. The summed E-state index contributed by atoms with van der Waals surface area (Å²) in [5.74, 6) is -1.29. The van der Waals surface area contributed by atoms with E-state index in [0.29, 0.717) is 41.3 Å². The molecule has 0 spiro atoms. The SMILES string of the molecule is CC1(C(=O)OC2(C(N)=O)CCCCC2)COC(c2nc(-c3ccc(F)cc3)c(-c3ccnc(OCc4ccccc4)n3)[nH]2)OC1. The number of hydrogen-bond donors (Lipinski definition) is 2. The number of nitrogens with two attached hydrogens (primary N) is 1. The first-order chi connectivity index (χ1) is 21.7. The number of aromatic nitrogens is 4. The van der Waals surface area contributed by atoms with Crippen molar-refractivity contribution in [2.45, 2.75) is 57.5 Å². The molecule has 12 heteroatoms. The maximum Gasteiger partial charge on any atom is 0.317 e. The van der Waals surface area contributed by atoms with Gasteiger partial charge in [-0.25, -0.2) is 14.4 Å². The highest BCUT2D eigenvalue weighted by Gasteiger charge is 2.48. The predicted molar refractivity (Wildman–Crippen MR) is 160 cm³/mol. The first kappa shape index (κ1) is 30.4. The minimum atomic E-state index is -1.31. The molecule has 1 aliphatic carbocycles. The number of aromatic amines is 1. The fraction of sp³-hybridized carbons (Fsp3) is 0.364. The fourth-order valence-corrected chi connectivity index (χ4v) is 5.48. The largest absolute Gasteiger partial charge is 0.459 e. The third-order valence-corrected chi connectivity index (χ3v) is 8.16. The quantitative estimate of drug-likeness (QED) is 0.247. The molecular formula is C33H34FN5O6. The van der Waals surface area contributed by atoms with Gasteiger partial charge in [-0.1, -0.05) is 36.8 Å². The van der Waals surface area contributed by atoms with Crippen LogP contribution in [0, 0.1) is 11.2 Å². The summed E-state index contributed by atoms with van der Waals surface area (Å²) in [4.78, 5) is 42.4. The first-order valence-corrected chi connectivity index (χ1v) is 14.9. The van der Waals surface area contributed by atoms with Gasteiger partial charge in [0.2, 0.25) is 6.29 Å². The molecule has 1 saturated heterocycles. The lowest BCUT2D eigenvalue weighted by molar-refractivity contribution is -0.243. The summed E-state index contributed by atoms with van der Waals surface area (Å²) >= 11 is 0. The van der Waals surface area contributed by atoms with E-state index in [1.165, 1.54) is 12.1 Å². The second-order valence-corrected chi connectivity index (χ2v) is 11.7. The van der Waals surface area contributed by atoms with E-state index in [-0.39, 0.29) is 31.6 Å². The van der Waals surface area contributed by atoms with Gasteiger partial charge in [-0.15, -0.1) is 0 Å². The molecule has 3 heterocycles. The number of ether oxygens (including phenoxy) is 4. The molecule has 4 aromatic rings. The smallest absolute Gasteiger partial charge is 0.317 e. The van der Waals surface area contributed by atoms with Crippen LogP contribution in [0.25, 0.3) is 22.6 Å². The lowest BCUT2D eigenvalue weighted by atomic mass is 9.83. The number of benzene rings is 2. The molecule has 0 atom stereocenters. The zero-order valence-electron chi connectivity index (χ0n) is 24.8. The number of hydrogen-bond acceptors (Lipinski definition) is 9. The second kappa shape index (κ2) is 12.7. The van der Waals surface area contributed by atoms with Crippen molar-refractivity contribution in [1.29, 1.82) is 0 Å². The van der Waals surface area contributed by atoms with Gasteiger partial charge in [0.15, 0.2) is 11.4 Å². The number of halogens is 1. The molecule has 3 N–H and O–H groups in total. The number of carbonyl (C=O) groups is 2. The Morgan fingerprint density at radius 3 is 2.40 bits per heavy atom. The van der Waals surface area contributed by atoms with Gasteiger partial charge in [-0.3, -0.25) is 9.59 Å². The number of amides is 1. The molecule has 2 aromatic heterocycles. The van der Waals surface area contributed by atoms with Gasteiger partial charge >= 0.3 is 12.0 Å². The Balaban J connectivity index is 1.22. The molecular weight excluding hydrogens is 581 g/mol. The second-order valence-electron chi connectivity index (χ2n) is 11.7. The summed E-state index contributed by atoms with van der Waals surface area (Å²) in [7, 11) is 0. The van der Waals surface area contributed by atoms with E-state index >= 15 is 0 Å². The van der Waals surface area contributed by atoms with Gasteiger partial charge in [0.05, 0.1) is 30.3 Å². The van der Waals surface area contributed by atoms with Crippen molar-refractivity contribution in [1.82, 2.24) is 19.9 Å². The van der Waals surface area contributed by atoms with Gasteiger partial charge < -0.3 is 29.7 Å². The van der Waals surface area contributed by atoms with Crippen LogP contribution in [-0.4, -0.2) is 50.6 Å². The van der Waals surface area contributed by atoms with E-state index in [0.717, 1.165) is 24.8 Å². The highest BCUT2D eigenvalue weighted by Crippen LogP contribution is 2.38. The number of primary amides is 1. The van der Waals surface area contributed by atoms with Crippen molar-refractivity contribution in [3.8, 4) is 28.7 Å². The third kappa shape index (κ3) is 6.57. The van der Waals surface area contributed by atoms with Crippen LogP contribution in [0.15, 0.2) is 66.9 Å². The van der Waals surface area contributed by atoms with Gasteiger partial charge in [0.1, 0.15) is 17.8 Å². The molecule has 1 amide bonds. The Labute approximate surface area is 259 Å². The molecule has 2 aliphatic rings. The fourth-order valence-electron chi connectivity index (χ4n) is 5.48. The van der Waals surface area contributed by atoms with Gasteiger partial charge in [0.25, 0.3) is 5.91 Å². The van der Waals surface area contributed by atoms with Crippen LogP contribution in [0.4, 0.5) is 4.39 Å². The number of nitrogens with one attached hydrogen (secondary N) is 1. The molecule has 45 heavy (non-hydrogen) atoms. The monoisotopic (exact) mass is 615 g/mol. The lowest BCUT2D eigenvalue weighted by Gasteiger charge is -2.39. The van der Waals surface area contributed by atoms with Crippen LogP contribution >= 0.6 is 0 Å². The standard InChI is InChI=1S/C33H34FN5O6/c1-32(30(41)45-33(29(35)40)15-6-3-7-16-33)19-43-28(44-20-32)27-38-25(22-10-12-23(34)13-11-22)26(39-27)24-14-17-36-31(37-24)42-18-21-8-4-2-5-9-21/h2,4-5,8-14,17,28H,3,6-7,15-16,18-20H2,1H3,(H2,35,40)(H,38,39). The molecule has 234 valence electrons. The van der Waals surface area contributed by atoms with E-state index in [2.05, 4.69) is 15.0 Å². The molecule has 2 fully saturated rings. The van der Waals surface area contributed by atoms with Crippen molar-refractivity contribution in [2.75, 3.05) is 13.2 Å². The van der Waals surface area contributed by atoms with Crippen LogP contribution in [0.3, 0.4) is 0 Å². The average Bonchev–Trinajstić information content (AvgIpc) is 3.51. The van der Waals surface area contributed by atoms with Crippen LogP contribution in [-0.2, 0) is 30.4 Å². The summed E-state index contributed by atoms with van der Waals surface area (Å²) < 4.78 is 37.4. The van der Waals surface area contributed by atoms with Crippen molar-refractivity contribution in [3.05, 3.63) is 84.1 Å². The molecule has 1 aliphatic heterocycles. The highest BCUT2D eigenvalue weighted by atomic mass is 19.1. The Morgan fingerprint density at radius 2 is 1.71 bits per heavy atom. The Morgan fingerprint density at radius 1 is 1.00 bits per heavy atom. The summed E-state index contributed by atoms with van der Waals surface area (Å²) in [5, 5.41) is 0. The Hall–Kier alpha value is -4.68. The van der Waals surface area contributed by atoms with E-state index in [1.54, 1.807) is 31.3 Å². The number of esters is 1. The third-order valence-electron chi connectivity index (χ3n) is 8.16. The van der Waals surface area contributed by atoms with Gasteiger partial charge in [0, 0.05) is 11.8 Å². The lowest BCUT2D eigenvalue weighted by Crippen LogP contribution is -2.53. The summed E-state index contributed by atoms with van der Waals surface area (Å²) in [6.45, 7) is 1.86. The zero-order valence-corrected chi connectivity index (χ0v) is 24.8. The van der Waals surface area contributed by atoms with Gasteiger partial charge in [-0.2, -0.15) is 4.98 Å². The number of imidazole rings is 1. The van der Waals surface area contributed by atoms with Crippen LogP contribution in [0.2, 0.25) is 0 Å².